The van der Waals surface area contributed by atoms with Gasteiger partial charge in [0.05, 0.1) is 0 Å². The van der Waals surface area contributed by atoms with Crippen LogP contribution in [0.4, 0.5) is 4.79 Å². The lowest BCUT2D eigenvalue weighted by atomic mass is 10.2. The Morgan fingerprint density at radius 1 is 1.26 bits per heavy atom. The van der Waals surface area contributed by atoms with Gasteiger partial charge in [-0.3, -0.25) is 0 Å². The topological polar surface area (TPSA) is 38.3 Å². The van der Waals surface area contributed by atoms with Crippen molar-refractivity contribution in [3.8, 4) is 0 Å². The number of ether oxygens (including phenoxy) is 1. The van der Waals surface area contributed by atoms with E-state index in [1.165, 1.54) is 0 Å². The van der Waals surface area contributed by atoms with Crippen LogP contribution >= 0.6 is 11.8 Å². The summed E-state index contributed by atoms with van der Waals surface area (Å²) in [4.78, 5) is 11.5. The van der Waals surface area contributed by atoms with Gasteiger partial charge in [0.2, 0.25) is 0 Å². The summed E-state index contributed by atoms with van der Waals surface area (Å²) in [7, 11) is 0. The zero-order valence-corrected chi connectivity index (χ0v) is 12.5. The number of carbonyl (C=O) groups excluding carboxylic acids is 1. The zero-order valence-electron chi connectivity index (χ0n) is 11.7. The number of nitrogens with one attached hydrogen (secondary N) is 1. The molecule has 4 heteroatoms. The molecule has 0 aliphatic carbocycles. The molecule has 1 N–H and O–H groups in total. The van der Waals surface area contributed by atoms with Gasteiger partial charge in [-0.15, -0.1) is 0 Å². The van der Waals surface area contributed by atoms with Crippen molar-refractivity contribution >= 4 is 17.9 Å². The number of carbonyl (C=O) groups is 1. The molecule has 0 radical (unpaired) electrons. The van der Waals surface area contributed by atoms with E-state index < -0.39 is 0 Å². The summed E-state index contributed by atoms with van der Waals surface area (Å²) in [5.74, 6) is 2.26. The SMILES string of the molecule is CC.O=C(NC1CCSCC1)OCc1ccccc1. The van der Waals surface area contributed by atoms with Crippen LogP contribution in [0.2, 0.25) is 0 Å². The lowest BCUT2D eigenvalue weighted by Gasteiger charge is -2.22. The molecule has 1 aliphatic rings. The fraction of sp³-hybridized carbons (Fsp3) is 0.533. The van der Waals surface area contributed by atoms with Crippen molar-refractivity contribution in [2.75, 3.05) is 11.5 Å². The standard InChI is InChI=1S/C13H17NO2S.C2H6/c15-13(14-12-6-8-17-9-7-12)16-10-11-4-2-1-3-5-11;1-2/h1-5,12H,6-10H2,(H,14,15);1-2H3. The molecule has 1 aromatic rings. The van der Waals surface area contributed by atoms with Gasteiger partial charge < -0.3 is 10.1 Å². The first-order valence-electron chi connectivity index (χ1n) is 6.89. The van der Waals surface area contributed by atoms with E-state index in [9.17, 15) is 4.79 Å². The van der Waals surface area contributed by atoms with Gasteiger partial charge in [0.15, 0.2) is 0 Å². The molecule has 0 atom stereocenters. The summed E-state index contributed by atoms with van der Waals surface area (Å²) in [5, 5.41) is 2.91. The number of hydrogen-bond acceptors (Lipinski definition) is 3. The summed E-state index contributed by atoms with van der Waals surface area (Å²) >= 11 is 1.94. The molecule has 1 fully saturated rings. The fourth-order valence-corrected chi connectivity index (χ4v) is 2.88. The second kappa shape index (κ2) is 9.73. The average molecular weight is 281 g/mol. The quantitative estimate of drug-likeness (QED) is 0.915. The number of benzene rings is 1. The molecule has 1 aromatic carbocycles. The van der Waals surface area contributed by atoms with Crippen LogP contribution in [0.15, 0.2) is 30.3 Å². The highest BCUT2D eigenvalue weighted by Crippen LogP contribution is 2.16. The maximum Gasteiger partial charge on any atom is 0.407 e. The molecule has 1 amide bonds. The minimum absolute atomic E-state index is 0.291. The fourth-order valence-electron chi connectivity index (χ4n) is 1.77. The van der Waals surface area contributed by atoms with Crippen molar-refractivity contribution in [3.05, 3.63) is 35.9 Å². The highest BCUT2D eigenvalue weighted by atomic mass is 32.2. The highest BCUT2D eigenvalue weighted by molar-refractivity contribution is 7.99. The molecule has 1 saturated heterocycles. The van der Waals surface area contributed by atoms with E-state index in [2.05, 4.69) is 5.32 Å². The van der Waals surface area contributed by atoms with E-state index in [0.717, 1.165) is 29.9 Å². The number of thioether (sulfide) groups is 1. The van der Waals surface area contributed by atoms with Gasteiger partial charge in [-0.2, -0.15) is 11.8 Å². The van der Waals surface area contributed by atoms with E-state index >= 15 is 0 Å². The van der Waals surface area contributed by atoms with Crippen LogP contribution < -0.4 is 5.32 Å². The Labute approximate surface area is 120 Å². The minimum atomic E-state index is -0.300. The first-order valence-corrected chi connectivity index (χ1v) is 8.05. The van der Waals surface area contributed by atoms with Crippen LogP contribution in [-0.2, 0) is 11.3 Å². The predicted octanol–water partition coefficient (Wildman–Crippen LogP) is 3.83. The van der Waals surface area contributed by atoms with Crippen molar-refractivity contribution in [3.63, 3.8) is 0 Å². The summed E-state index contributed by atoms with van der Waals surface area (Å²) in [6.45, 7) is 4.34. The molecule has 1 aliphatic heterocycles. The molecule has 1 heterocycles. The molecule has 106 valence electrons. The Bertz CT molecular complexity index is 350. The van der Waals surface area contributed by atoms with Gasteiger partial charge in [-0.05, 0) is 29.9 Å². The van der Waals surface area contributed by atoms with Gasteiger partial charge in [0.25, 0.3) is 0 Å². The Balaban J connectivity index is 0.000000861. The molecule has 0 aromatic heterocycles. The van der Waals surface area contributed by atoms with Crippen molar-refractivity contribution < 1.29 is 9.53 Å². The first-order chi connectivity index (χ1) is 9.34. The molecular formula is C15H23NO2S. The number of alkyl carbamates (subject to hydrolysis) is 1. The van der Waals surface area contributed by atoms with Gasteiger partial charge in [-0.1, -0.05) is 44.2 Å². The monoisotopic (exact) mass is 281 g/mol. The second-order valence-electron chi connectivity index (χ2n) is 4.09. The molecule has 3 nitrogen and oxygen atoms in total. The van der Waals surface area contributed by atoms with E-state index in [1.807, 2.05) is 55.9 Å². The Morgan fingerprint density at radius 2 is 1.89 bits per heavy atom. The molecule has 19 heavy (non-hydrogen) atoms. The lowest BCUT2D eigenvalue weighted by molar-refractivity contribution is 0.135. The van der Waals surface area contributed by atoms with Crippen molar-refractivity contribution in [1.29, 1.82) is 0 Å². The van der Waals surface area contributed by atoms with Crippen molar-refractivity contribution in [2.24, 2.45) is 0 Å². The van der Waals surface area contributed by atoms with Crippen LogP contribution in [0.25, 0.3) is 0 Å². The maximum absolute atomic E-state index is 11.5. The van der Waals surface area contributed by atoms with Gasteiger partial charge in [0.1, 0.15) is 6.61 Å². The molecule has 0 saturated carbocycles. The summed E-state index contributed by atoms with van der Waals surface area (Å²) in [5.41, 5.74) is 1.02. The molecule has 0 bridgehead atoms. The largest absolute Gasteiger partial charge is 0.445 e. The minimum Gasteiger partial charge on any atom is -0.445 e. The average Bonchev–Trinajstić information content (AvgIpc) is 2.49. The number of rotatable bonds is 3. The second-order valence-corrected chi connectivity index (χ2v) is 5.32. The van der Waals surface area contributed by atoms with Crippen LogP contribution in [0.3, 0.4) is 0 Å². The Hall–Kier alpha value is -1.16. The van der Waals surface area contributed by atoms with E-state index in [0.29, 0.717) is 12.6 Å². The van der Waals surface area contributed by atoms with E-state index in [1.54, 1.807) is 0 Å². The molecular weight excluding hydrogens is 258 g/mol. The van der Waals surface area contributed by atoms with Crippen LogP contribution in [0, 0.1) is 0 Å². The van der Waals surface area contributed by atoms with E-state index in [4.69, 9.17) is 4.74 Å². The summed E-state index contributed by atoms with van der Waals surface area (Å²) in [6.07, 6.45) is 1.79. The smallest absolute Gasteiger partial charge is 0.407 e. The van der Waals surface area contributed by atoms with Crippen LogP contribution in [0.1, 0.15) is 32.3 Å². The maximum atomic E-state index is 11.5. The number of amides is 1. The third-order valence-electron chi connectivity index (χ3n) is 2.76. The zero-order chi connectivity index (χ0) is 13.9. The third-order valence-corrected chi connectivity index (χ3v) is 3.80. The summed E-state index contributed by atoms with van der Waals surface area (Å²) in [6, 6.07) is 10.0. The van der Waals surface area contributed by atoms with Crippen LogP contribution in [0.5, 0.6) is 0 Å². The van der Waals surface area contributed by atoms with Crippen molar-refractivity contribution in [1.82, 2.24) is 5.32 Å². The Morgan fingerprint density at radius 3 is 2.53 bits per heavy atom. The molecule has 0 spiro atoms. The molecule has 2 rings (SSSR count). The third kappa shape index (κ3) is 6.53. The number of hydrogen-bond donors (Lipinski definition) is 1. The lowest BCUT2D eigenvalue weighted by Crippen LogP contribution is -2.37. The van der Waals surface area contributed by atoms with Crippen molar-refractivity contribution in [2.45, 2.75) is 39.3 Å². The molecule has 0 unspecified atom stereocenters. The highest BCUT2D eigenvalue weighted by Gasteiger charge is 2.16. The van der Waals surface area contributed by atoms with Gasteiger partial charge in [0, 0.05) is 6.04 Å². The van der Waals surface area contributed by atoms with Gasteiger partial charge >= 0.3 is 6.09 Å². The summed E-state index contributed by atoms with van der Waals surface area (Å²) < 4.78 is 5.17. The van der Waals surface area contributed by atoms with Gasteiger partial charge in [-0.25, -0.2) is 4.79 Å². The Kier molecular flexibility index (Phi) is 8.14. The normalized spacial score (nSPS) is 15.1. The van der Waals surface area contributed by atoms with Crippen LogP contribution in [-0.4, -0.2) is 23.6 Å². The van der Waals surface area contributed by atoms with E-state index in [-0.39, 0.29) is 6.09 Å². The predicted molar refractivity (Wildman–Crippen MR) is 81.5 cm³/mol. The first kappa shape index (κ1) is 15.9.